The van der Waals surface area contributed by atoms with Crippen LogP contribution in [0.3, 0.4) is 0 Å². The van der Waals surface area contributed by atoms with E-state index in [0.717, 1.165) is 11.3 Å². The van der Waals surface area contributed by atoms with E-state index >= 15 is 0 Å². The summed E-state index contributed by atoms with van der Waals surface area (Å²) in [5, 5.41) is 0. The largest absolute Gasteiger partial charge is 0.463 e. The molecular weight excluding hydrogens is 242 g/mol. The van der Waals surface area contributed by atoms with Crippen LogP contribution in [-0.2, 0) is 7.05 Å². The molecule has 0 amide bonds. The van der Waals surface area contributed by atoms with Crippen molar-refractivity contribution in [2.45, 2.75) is 13.8 Å². The van der Waals surface area contributed by atoms with Crippen LogP contribution in [0.2, 0.25) is 0 Å². The topological polar surface area (TPSA) is 95.4 Å². The summed E-state index contributed by atoms with van der Waals surface area (Å²) >= 11 is 0. The number of furan rings is 1. The molecule has 6 nitrogen and oxygen atoms in total. The van der Waals surface area contributed by atoms with Crippen molar-refractivity contribution in [2.75, 3.05) is 11.5 Å². The van der Waals surface area contributed by atoms with Gasteiger partial charge in [0.15, 0.2) is 5.76 Å². The lowest BCUT2D eigenvalue weighted by Gasteiger charge is -2.06. The van der Waals surface area contributed by atoms with Gasteiger partial charge in [0.25, 0.3) is 0 Å². The fraction of sp³-hybridized carbons (Fsp3) is 0.231. The third kappa shape index (κ3) is 2.67. The van der Waals surface area contributed by atoms with Crippen molar-refractivity contribution in [2.24, 2.45) is 12.0 Å². The summed E-state index contributed by atoms with van der Waals surface area (Å²) in [5.74, 6) is 1.35. The van der Waals surface area contributed by atoms with E-state index in [-0.39, 0.29) is 0 Å². The molecule has 2 heterocycles. The lowest BCUT2D eigenvalue weighted by atomic mass is 10.2. The molecule has 0 unspecified atom stereocenters. The summed E-state index contributed by atoms with van der Waals surface area (Å²) in [4.78, 5) is 8.54. The maximum Gasteiger partial charge on any atom is 0.203 e. The van der Waals surface area contributed by atoms with Crippen molar-refractivity contribution in [1.29, 1.82) is 0 Å². The van der Waals surface area contributed by atoms with Crippen LogP contribution in [-0.4, -0.2) is 9.55 Å². The molecule has 0 aliphatic rings. The Balaban J connectivity index is 2.66. The first-order valence-electron chi connectivity index (χ1n) is 5.84. The van der Waals surface area contributed by atoms with Crippen molar-refractivity contribution in [1.82, 2.24) is 9.55 Å². The zero-order valence-corrected chi connectivity index (χ0v) is 11.2. The van der Waals surface area contributed by atoms with Crippen LogP contribution in [0.15, 0.2) is 39.4 Å². The van der Waals surface area contributed by atoms with Crippen molar-refractivity contribution in [3.63, 3.8) is 0 Å². The third-order valence-corrected chi connectivity index (χ3v) is 2.66. The molecule has 4 N–H and O–H groups in total. The first-order valence-corrected chi connectivity index (χ1v) is 5.84. The molecule has 2 aromatic heterocycles. The Labute approximate surface area is 111 Å². The van der Waals surface area contributed by atoms with Crippen LogP contribution >= 0.6 is 0 Å². The summed E-state index contributed by atoms with van der Waals surface area (Å²) in [6, 6.07) is 5.35. The lowest BCUT2D eigenvalue weighted by molar-refractivity contribution is 0.550. The molecule has 0 aliphatic carbocycles. The van der Waals surface area contributed by atoms with Crippen LogP contribution in [0.25, 0.3) is 5.70 Å². The number of aromatic nitrogens is 2. The van der Waals surface area contributed by atoms with E-state index in [2.05, 4.69) is 9.98 Å². The molecule has 0 bridgehead atoms. The number of hydrogen-bond donors (Lipinski definition) is 2. The summed E-state index contributed by atoms with van der Waals surface area (Å²) < 4.78 is 7.06. The van der Waals surface area contributed by atoms with E-state index in [4.69, 9.17) is 15.9 Å². The van der Waals surface area contributed by atoms with E-state index in [1.807, 2.05) is 26.0 Å². The Bertz CT molecular complexity index is 676. The molecule has 0 atom stereocenters. The Morgan fingerprint density at radius 3 is 2.68 bits per heavy atom. The molecule has 0 spiro atoms. The van der Waals surface area contributed by atoms with Gasteiger partial charge in [0.05, 0.1) is 6.26 Å². The van der Waals surface area contributed by atoms with E-state index in [9.17, 15) is 0 Å². The normalized spacial score (nSPS) is 11.6. The maximum atomic E-state index is 5.76. The van der Waals surface area contributed by atoms with E-state index in [1.54, 1.807) is 23.9 Å². The predicted octanol–water partition coefficient (Wildman–Crippen LogP) is 1.53. The minimum Gasteiger partial charge on any atom is -0.463 e. The first kappa shape index (κ1) is 12.9. The number of nitrogen functional groups attached to an aromatic ring is 2. The maximum absolute atomic E-state index is 5.76. The van der Waals surface area contributed by atoms with E-state index in [0.29, 0.717) is 23.0 Å². The van der Waals surface area contributed by atoms with Gasteiger partial charge < -0.3 is 15.9 Å². The van der Waals surface area contributed by atoms with Gasteiger partial charge in [-0.1, -0.05) is 0 Å². The number of anilines is 2. The van der Waals surface area contributed by atoms with Gasteiger partial charge in [-0.2, -0.15) is 4.98 Å². The van der Waals surface area contributed by atoms with Crippen LogP contribution in [0, 0.1) is 0 Å². The smallest absolute Gasteiger partial charge is 0.203 e. The highest BCUT2D eigenvalue weighted by atomic mass is 16.3. The minimum absolute atomic E-state index is 0.311. The monoisotopic (exact) mass is 259 g/mol. The van der Waals surface area contributed by atoms with Crippen LogP contribution < -0.4 is 17.0 Å². The van der Waals surface area contributed by atoms with Crippen LogP contribution in [0.4, 0.5) is 11.8 Å². The molecule has 6 heteroatoms. The second kappa shape index (κ2) is 5.01. The Morgan fingerprint density at radius 2 is 2.11 bits per heavy atom. The predicted molar refractivity (Wildman–Crippen MR) is 74.6 cm³/mol. The fourth-order valence-corrected chi connectivity index (χ4v) is 1.63. The number of nitrogens with two attached hydrogens (primary N) is 2. The fourth-order valence-electron chi connectivity index (χ4n) is 1.63. The van der Waals surface area contributed by atoms with Gasteiger partial charge in [-0.25, -0.2) is 4.99 Å². The van der Waals surface area contributed by atoms with Gasteiger partial charge in [-0.05, 0) is 31.6 Å². The molecule has 0 aliphatic heterocycles. The molecule has 19 heavy (non-hydrogen) atoms. The summed E-state index contributed by atoms with van der Waals surface area (Å²) in [5.41, 5.74) is 13.9. The quantitative estimate of drug-likeness (QED) is 0.854. The molecule has 2 aromatic rings. The molecule has 0 saturated carbocycles. The average molecular weight is 259 g/mol. The van der Waals surface area contributed by atoms with E-state index < -0.39 is 0 Å². The first-order chi connectivity index (χ1) is 8.99. The molecule has 0 aromatic carbocycles. The van der Waals surface area contributed by atoms with Gasteiger partial charge in [0, 0.05) is 13.1 Å². The minimum atomic E-state index is 0.311. The molecule has 100 valence electrons. The standard InChI is InChI=1S/C13H17N5O/c1-8(2)12(9-5-4-6-19-9)17-11-7-10(14)16-13(15)18(11)3/h4-7H,14H2,1-3H3,(H2,15,16). The number of allylic oxidation sites excluding steroid dienone is 1. The number of rotatable bonds is 2. The highest BCUT2D eigenvalue weighted by Gasteiger charge is 2.06. The summed E-state index contributed by atoms with van der Waals surface area (Å²) in [6.07, 6.45) is 1.61. The van der Waals surface area contributed by atoms with Crippen molar-refractivity contribution < 1.29 is 4.42 Å². The zero-order valence-electron chi connectivity index (χ0n) is 11.2. The third-order valence-electron chi connectivity index (χ3n) is 2.66. The van der Waals surface area contributed by atoms with Gasteiger partial charge >= 0.3 is 0 Å². The second-order valence-electron chi connectivity index (χ2n) is 4.39. The van der Waals surface area contributed by atoms with Gasteiger partial charge in [0.2, 0.25) is 5.95 Å². The van der Waals surface area contributed by atoms with E-state index in [1.165, 1.54) is 0 Å². The second-order valence-corrected chi connectivity index (χ2v) is 4.39. The van der Waals surface area contributed by atoms with Gasteiger partial charge in [0.1, 0.15) is 17.0 Å². The van der Waals surface area contributed by atoms with Gasteiger partial charge in [-0.3, -0.25) is 4.57 Å². The summed E-state index contributed by atoms with van der Waals surface area (Å²) in [6.45, 7) is 3.94. The van der Waals surface area contributed by atoms with Gasteiger partial charge in [-0.15, -0.1) is 0 Å². The molecular formula is C13H17N5O. The Morgan fingerprint density at radius 1 is 1.37 bits per heavy atom. The highest BCUT2D eigenvalue weighted by Crippen LogP contribution is 2.19. The molecule has 2 rings (SSSR count). The van der Waals surface area contributed by atoms with Crippen molar-refractivity contribution in [3.8, 4) is 0 Å². The summed E-state index contributed by atoms with van der Waals surface area (Å²) in [7, 11) is 1.78. The van der Waals surface area contributed by atoms with Crippen LogP contribution in [0.1, 0.15) is 19.6 Å². The Hall–Kier alpha value is -2.50. The SMILES string of the molecule is CC(C)=C(N=c1cc(N)nc(N)n1C)c1ccco1. The lowest BCUT2D eigenvalue weighted by Crippen LogP contribution is -2.23. The van der Waals surface area contributed by atoms with Crippen molar-refractivity contribution in [3.05, 3.63) is 41.3 Å². The number of nitrogens with zero attached hydrogens (tertiary/aromatic N) is 3. The average Bonchev–Trinajstić information content (AvgIpc) is 2.84. The Kier molecular flexibility index (Phi) is 3.41. The highest BCUT2D eigenvalue weighted by molar-refractivity contribution is 5.63. The number of hydrogen-bond acceptors (Lipinski definition) is 5. The van der Waals surface area contributed by atoms with Crippen LogP contribution in [0.5, 0.6) is 0 Å². The van der Waals surface area contributed by atoms with Crippen molar-refractivity contribution >= 4 is 17.5 Å². The molecule has 0 fully saturated rings. The zero-order chi connectivity index (χ0) is 14.0. The molecule has 0 saturated heterocycles. The molecule has 0 radical (unpaired) electrons.